The molecule has 1 fully saturated rings. The van der Waals surface area contributed by atoms with Gasteiger partial charge in [0, 0.05) is 31.6 Å². The van der Waals surface area contributed by atoms with Crippen molar-refractivity contribution in [1.82, 2.24) is 15.2 Å². The number of thiazole rings is 1. The summed E-state index contributed by atoms with van der Waals surface area (Å²) in [4.78, 5) is 20.4. The first-order chi connectivity index (χ1) is 13.7. The number of nitrogens with one attached hydrogen (secondary N) is 1. The van der Waals surface area contributed by atoms with Crippen LogP contribution in [0.2, 0.25) is 4.34 Å². The molecule has 1 aromatic carbocycles. The maximum absolute atomic E-state index is 12.6. The van der Waals surface area contributed by atoms with Crippen molar-refractivity contribution >= 4 is 40.2 Å². The monoisotopic (exact) mass is 433 g/mol. The average molecular weight is 434 g/mol. The zero-order valence-corrected chi connectivity index (χ0v) is 17.6. The summed E-state index contributed by atoms with van der Waals surface area (Å²) in [6.45, 7) is 4.79. The molecule has 1 amide bonds. The molecular weight excluding hydrogens is 414 g/mol. The fourth-order valence-electron chi connectivity index (χ4n) is 3.07. The van der Waals surface area contributed by atoms with Crippen molar-refractivity contribution in [1.29, 1.82) is 0 Å². The first-order valence-electron chi connectivity index (χ1n) is 9.05. The van der Waals surface area contributed by atoms with Gasteiger partial charge in [-0.3, -0.25) is 9.69 Å². The lowest BCUT2D eigenvalue weighted by Gasteiger charge is -2.27. The number of carbonyl (C=O) groups is 1. The number of thiophene rings is 1. The maximum Gasteiger partial charge on any atom is 0.271 e. The van der Waals surface area contributed by atoms with Crippen LogP contribution < -0.4 is 5.32 Å². The molecule has 1 aliphatic rings. The number of carbonyl (C=O) groups excluding carboxylic acids is 1. The molecule has 0 aliphatic carbocycles. The summed E-state index contributed by atoms with van der Waals surface area (Å²) in [5, 5.41) is 5.61. The molecule has 2 aromatic heterocycles. The van der Waals surface area contributed by atoms with Gasteiger partial charge in [0.1, 0.15) is 10.7 Å². The highest BCUT2D eigenvalue weighted by atomic mass is 35.5. The topological polar surface area (TPSA) is 54.5 Å². The van der Waals surface area contributed by atoms with Crippen LogP contribution in [0.4, 0.5) is 0 Å². The SMILES string of the molecule is O=C(NCc1ccccc1CN1CCOCC1)c1csc(-c2ccc(Cl)s2)n1. The van der Waals surface area contributed by atoms with Crippen LogP contribution in [0, 0.1) is 0 Å². The van der Waals surface area contributed by atoms with E-state index in [1.165, 1.54) is 28.2 Å². The molecule has 0 radical (unpaired) electrons. The molecule has 1 N–H and O–H groups in total. The predicted molar refractivity (Wildman–Crippen MR) is 114 cm³/mol. The highest BCUT2D eigenvalue weighted by molar-refractivity contribution is 7.23. The lowest BCUT2D eigenvalue weighted by Crippen LogP contribution is -2.36. The Morgan fingerprint density at radius 1 is 1.18 bits per heavy atom. The molecule has 5 nitrogen and oxygen atoms in total. The van der Waals surface area contributed by atoms with Crippen molar-refractivity contribution < 1.29 is 9.53 Å². The third-order valence-electron chi connectivity index (χ3n) is 4.58. The van der Waals surface area contributed by atoms with E-state index in [2.05, 4.69) is 27.3 Å². The third-order valence-corrected chi connectivity index (χ3v) is 6.82. The molecule has 4 rings (SSSR count). The van der Waals surface area contributed by atoms with Gasteiger partial charge in [0.05, 0.1) is 22.4 Å². The number of amides is 1. The second kappa shape index (κ2) is 9.15. The standard InChI is InChI=1S/C20H20ClN3O2S2/c21-18-6-5-17(28-18)20-23-16(13-27-20)19(25)22-11-14-3-1-2-4-15(14)12-24-7-9-26-10-8-24/h1-6,13H,7-12H2,(H,22,25). The first kappa shape index (κ1) is 19.5. The highest BCUT2D eigenvalue weighted by Crippen LogP contribution is 2.32. The minimum Gasteiger partial charge on any atom is -0.379 e. The van der Waals surface area contributed by atoms with E-state index >= 15 is 0 Å². The summed E-state index contributed by atoms with van der Waals surface area (Å²) < 4.78 is 6.14. The van der Waals surface area contributed by atoms with Crippen molar-refractivity contribution in [3.05, 3.63) is 62.9 Å². The molecule has 28 heavy (non-hydrogen) atoms. The van der Waals surface area contributed by atoms with E-state index in [4.69, 9.17) is 16.3 Å². The summed E-state index contributed by atoms with van der Waals surface area (Å²) in [5.74, 6) is -0.161. The lowest BCUT2D eigenvalue weighted by atomic mass is 10.1. The van der Waals surface area contributed by atoms with Crippen molar-refractivity contribution in [2.45, 2.75) is 13.1 Å². The number of aromatic nitrogens is 1. The molecule has 146 valence electrons. The summed E-state index contributed by atoms with van der Waals surface area (Å²) in [5.41, 5.74) is 2.80. The van der Waals surface area contributed by atoms with E-state index in [1.807, 2.05) is 24.3 Å². The summed E-state index contributed by atoms with van der Waals surface area (Å²) in [6, 6.07) is 12.0. The number of hydrogen-bond donors (Lipinski definition) is 1. The number of halogens is 1. The van der Waals surface area contributed by atoms with Crippen LogP contribution in [0.1, 0.15) is 21.6 Å². The molecule has 3 aromatic rings. The Labute approximate surface area is 176 Å². The van der Waals surface area contributed by atoms with Crippen molar-refractivity contribution in [3.8, 4) is 9.88 Å². The molecule has 8 heteroatoms. The second-order valence-corrected chi connectivity index (χ2v) is 9.05. The van der Waals surface area contributed by atoms with Gasteiger partial charge in [-0.05, 0) is 23.3 Å². The van der Waals surface area contributed by atoms with Gasteiger partial charge in [-0.25, -0.2) is 4.98 Å². The van der Waals surface area contributed by atoms with E-state index in [9.17, 15) is 4.79 Å². The highest BCUT2D eigenvalue weighted by Gasteiger charge is 2.15. The molecule has 0 spiro atoms. The molecule has 0 unspecified atom stereocenters. The fourth-order valence-corrected chi connectivity index (χ4v) is 4.99. The second-order valence-electron chi connectivity index (χ2n) is 6.48. The molecule has 1 saturated heterocycles. The molecular formula is C20H20ClN3O2S2. The maximum atomic E-state index is 12.6. The van der Waals surface area contributed by atoms with Gasteiger partial charge >= 0.3 is 0 Å². The first-order valence-corrected chi connectivity index (χ1v) is 11.1. The smallest absolute Gasteiger partial charge is 0.271 e. The van der Waals surface area contributed by atoms with Crippen LogP contribution >= 0.6 is 34.3 Å². The number of ether oxygens (including phenoxy) is 1. The van der Waals surface area contributed by atoms with Gasteiger partial charge in [-0.1, -0.05) is 35.9 Å². The molecule has 0 atom stereocenters. The van der Waals surface area contributed by atoms with Crippen molar-refractivity contribution in [2.75, 3.05) is 26.3 Å². The number of benzene rings is 1. The number of morpholine rings is 1. The molecule has 0 saturated carbocycles. The van der Waals surface area contributed by atoms with Gasteiger partial charge in [-0.2, -0.15) is 0 Å². The van der Waals surface area contributed by atoms with Gasteiger partial charge < -0.3 is 10.1 Å². The Bertz CT molecular complexity index is 950. The van der Waals surface area contributed by atoms with Gasteiger partial charge in [0.2, 0.25) is 0 Å². The van der Waals surface area contributed by atoms with Crippen LogP contribution in [-0.4, -0.2) is 42.1 Å². The summed E-state index contributed by atoms with van der Waals surface area (Å²) >= 11 is 8.90. The van der Waals surface area contributed by atoms with E-state index in [0.717, 1.165) is 48.3 Å². The predicted octanol–water partition coefficient (Wildman–Crippen LogP) is 4.29. The van der Waals surface area contributed by atoms with Crippen molar-refractivity contribution in [3.63, 3.8) is 0 Å². The number of hydrogen-bond acceptors (Lipinski definition) is 6. The zero-order valence-electron chi connectivity index (χ0n) is 15.2. The Balaban J connectivity index is 1.39. The van der Waals surface area contributed by atoms with E-state index in [0.29, 0.717) is 16.6 Å². The van der Waals surface area contributed by atoms with Crippen LogP contribution in [-0.2, 0) is 17.8 Å². The number of rotatable bonds is 6. The van der Waals surface area contributed by atoms with Crippen LogP contribution in [0.15, 0.2) is 41.8 Å². The van der Waals surface area contributed by atoms with Gasteiger partial charge in [0.25, 0.3) is 5.91 Å². The molecule has 3 heterocycles. The molecule has 0 bridgehead atoms. The lowest BCUT2D eigenvalue weighted by molar-refractivity contribution is 0.0340. The quantitative estimate of drug-likeness (QED) is 0.630. The van der Waals surface area contributed by atoms with Crippen LogP contribution in [0.3, 0.4) is 0 Å². The largest absolute Gasteiger partial charge is 0.379 e. The van der Waals surface area contributed by atoms with Gasteiger partial charge in [0.15, 0.2) is 0 Å². The minimum absolute atomic E-state index is 0.161. The Hall–Kier alpha value is -1.77. The van der Waals surface area contributed by atoms with E-state index < -0.39 is 0 Å². The van der Waals surface area contributed by atoms with Crippen molar-refractivity contribution in [2.24, 2.45) is 0 Å². The van der Waals surface area contributed by atoms with Gasteiger partial charge in [-0.15, -0.1) is 22.7 Å². The Kier molecular flexibility index (Phi) is 6.39. The third kappa shape index (κ3) is 4.79. The Morgan fingerprint density at radius 2 is 1.96 bits per heavy atom. The van der Waals surface area contributed by atoms with E-state index in [-0.39, 0.29) is 5.91 Å². The fraction of sp³-hybridized carbons (Fsp3) is 0.300. The van der Waals surface area contributed by atoms with Crippen LogP contribution in [0.5, 0.6) is 0 Å². The number of nitrogens with zero attached hydrogens (tertiary/aromatic N) is 2. The minimum atomic E-state index is -0.161. The van der Waals surface area contributed by atoms with Crippen LogP contribution in [0.25, 0.3) is 9.88 Å². The Morgan fingerprint density at radius 3 is 2.71 bits per heavy atom. The average Bonchev–Trinajstić information content (AvgIpc) is 3.37. The normalized spacial score (nSPS) is 14.9. The summed E-state index contributed by atoms with van der Waals surface area (Å²) in [7, 11) is 0. The molecule has 1 aliphatic heterocycles. The zero-order chi connectivity index (χ0) is 19.3. The summed E-state index contributed by atoms with van der Waals surface area (Å²) in [6.07, 6.45) is 0. The van der Waals surface area contributed by atoms with E-state index in [1.54, 1.807) is 5.38 Å².